The quantitative estimate of drug-likeness (QED) is 0.791. The van der Waals surface area contributed by atoms with Crippen LogP contribution in [-0.4, -0.2) is 20.2 Å². The van der Waals surface area contributed by atoms with Crippen LogP contribution >= 0.6 is 0 Å². The van der Waals surface area contributed by atoms with E-state index in [9.17, 15) is 4.39 Å². The van der Waals surface area contributed by atoms with Gasteiger partial charge in [0, 0.05) is 18.0 Å². The summed E-state index contributed by atoms with van der Waals surface area (Å²) in [5.74, 6) is 1.44. The van der Waals surface area contributed by atoms with Crippen molar-refractivity contribution in [1.82, 2.24) is 20.2 Å². The molecule has 100 valence electrons. The maximum atomic E-state index is 12.8. The second kappa shape index (κ2) is 5.48. The fraction of sp³-hybridized carbons (Fsp3) is 0.0714. The predicted molar refractivity (Wildman–Crippen MR) is 70.3 cm³/mol. The van der Waals surface area contributed by atoms with Crippen molar-refractivity contribution in [3.63, 3.8) is 0 Å². The molecule has 1 aromatic carbocycles. The Morgan fingerprint density at radius 2 is 2.00 bits per heavy atom. The van der Waals surface area contributed by atoms with Gasteiger partial charge in [0.15, 0.2) is 11.6 Å². The third-order valence-electron chi connectivity index (χ3n) is 2.64. The number of ether oxygens (including phenoxy) is 1. The minimum atomic E-state index is -0.295. The van der Waals surface area contributed by atoms with E-state index in [0.29, 0.717) is 17.4 Å². The number of hydrogen-bond acceptors (Lipinski definition) is 4. The van der Waals surface area contributed by atoms with Crippen LogP contribution in [0.25, 0.3) is 11.4 Å². The number of rotatable bonds is 4. The van der Waals surface area contributed by atoms with E-state index in [1.165, 1.54) is 12.1 Å². The third kappa shape index (κ3) is 2.80. The monoisotopic (exact) mass is 270 g/mol. The summed E-state index contributed by atoms with van der Waals surface area (Å²) >= 11 is 0. The van der Waals surface area contributed by atoms with Gasteiger partial charge in [-0.1, -0.05) is 0 Å². The van der Waals surface area contributed by atoms with Crippen molar-refractivity contribution in [2.24, 2.45) is 0 Å². The van der Waals surface area contributed by atoms with Crippen LogP contribution in [0.1, 0.15) is 5.82 Å². The van der Waals surface area contributed by atoms with Crippen molar-refractivity contribution in [3.8, 4) is 17.1 Å². The number of aromatic nitrogens is 4. The lowest BCUT2D eigenvalue weighted by Crippen LogP contribution is -1.97. The zero-order valence-electron chi connectivity index (χ0n) is 10.5. The molecule has 0 fully saturated rings. The van der Waals surface area contributed by atoms with Gasteiger partial charge < -0.3 is 4.74 Å². The summed E-state index contributed by atoms with van der Waals surface area (Å²) in [4.78, 5) is 8.32. The van der Waals surface area contributed by atoms with Crippen molar-refractivity contribution in [2.45, 2.75) is 6.61 Å². The molecule has 0 radical (unpaired) electrons. The maximum absolute atomic E-state index is 12.8. The average molecular weight is 270 g/mol. The molecule has 3 aromatic rings. The van der Waals surface area contributed by atoms with Crippen LogP contribution in [0.5, 0.6) is 5.75 Å². The van der Waals surface area contributed by atoms with Crippen LogP contribution in [0.15, 0.2) is 48.8 Å². The molecule has 2 aromatic heterocycles. The molecule has 1 N–H and O–H groups in total. The Morgan fingerprint density at radius 3 is 2.75 bits per heavy atom. The molecule has 0 spiro atoms. The highest BCUT2D eigenvalue weighted by molar-refractivity contribution is 5.52. The Morgan fingerprint density at radius 1 is 1.15 bits per heavy atom. The second-order valence-electron chi connectivity index (χ2n) is 4.09. The molecule has 0 bridgehead atoms. The molecule has 0 saturated heterocycles. The highest BCUT2D eigenvalue weighted by atomic mass is 19.1. The van der Waals surface area contributed by atoms with E-state index in [1.54, 1.807) is 24.5 Å². The minimum absolute atomic E-state index is 0.235. The molecule has 0 aliphatic heterocycles. The summed E-state index contributed by atoms with van der Waals surface area (Å²) in [5.41, 5.74) is 0.830. The molecule has 0 aliphatic rings. The summed E-state index contributed by atoms with van der Waals surface area (Å²) in [6.45, 7) is 0.235. The SMILES string of the molecule is Fc1ccc(OCc2nc(-c3cccnc3)n[nH]2)cc1. The summed E-state index contributed by atoms with van der Waals surface area (Å²) in [7, 11) is 0. The largest absolute Gasteiger partial charge is 0.486 e. The Bertz CT molecular complexity index is 682. The van der Waals surface area contributed by atoms with E-state index < -0.39 is 0 Å². The Kier molecular flexibility index (Phi) is 3.36. The van der Waals surface area contributed by atoms with Gasteiger partial charge in [0.1, 0.15) is 18.2 Å². The molecular formula is C14H11FN4O. The third-order valence-corrected chi connectivity index (χ3v) is 2.64. The number of benzene rings is 1. The molecule has 0 unspecified atom stereocenters. The fourth-order valence-electron chi connectivity index (χ4n) is 1.67. The summed E-state index contributed by atoms with van der Waals surface area (Å²) in [6, 6.07) is 9.51. The highest BCUT2D eigenvalue weighted by Gasteiger charge is 2.06. The van der Waals surface area contributed by atoms with Gasteiger partial charge in [-0.2, -0.15) is 5.10 Å². The summed E-state index contributed by atoms with van der Waals surface area (Å²) in [6.07, 6.45) is 3.38. The topological polar surface area (TPSA) is 63.7 Å². The van der Waals surface area contributed by atoms with E-state index >= 15 is 0 Å². The van der Waals surface area contributed by atoms with Crippen molar-refractivity contribution >= 4 is 0 Å². The first-order valence-corrected chi connectivity index (χ1v) is 6.01. The molecule has 5 nitrogen and oxygen atoms in total. The van der Waals surface area contributed by atoms with Crippen LogP contribution in [-0.2, 0) is 6.61 Å². The van der Waals surface area contributed by atoms with Crippen molar-refractivity contribution in [2.75, 3.05) is 0 Å². The molecule has 0 atom stereocenters. The van der Waals surface area contributed by atoms with E-state index in [-0.39, 0.29) is 12.4 Å². The Hall–Kier alpha value is -2.76. The van der Waals surface area contributed by atoms with Crippen LogP contribution in [0, 0.1) is 5.82 Å². The molecule has 0 amide bonds. The van der Waals surface area contributed by atoms with E-state index in [0.717, 1.165) is 5.56 Å². The number of H-pyrrole nitrogens is 1. The Labute approximate surface area is 114 Å². The second-order valence-corrected chi connectivity index (χ2v) is 4.09. The van der Waals surface area contributed by atoms with Gasteiger partial charge in [-0.05, 0) is 36.4 Å². The zero-order valence-corrected chi connectivity index (χ0v) is 10.5. The van der Waals surface area contributed by atoms with Gasteiger partial charge in [-0.25, -0.2) is 9.37 Å². The van der Waals surface area contributed by atoms with Gasteiger partial charge in [0.2, 0.25) is 0 Å². The fourth-order valence-corrected chi connectivity index (χ4v) is 1.67. The molecule has 3 rings (SSSR count). The first kappa shape index (κ1) is 12.3. The van der Waals surface area contributed by atoms with E-state index in [1.807, 2.05) is 12.1 Å². The number of nitrogens with zero attached hydrogens (tertiary/aromatic N) is 3. The first-order chi connectivity index (χ1) is 9.81. The highest BCUT2D eigenvalue weighted by Crippen LogP contribution is 2.14. The number of halogens is 1. The van der Waals surface area contributed by atoms with Crippen LogP contribution < -0.4 is 4.74 Å². The minimum Gasteiger partial charge on any atom is -0.486 e. The first-order valence-electron chi connectivity index (χ1n) is 6.01. The molecular weight excluding hydrogens is 259 g/mol. The van der Waals surface area contributed by atoms with Gasteiger partial charge in [-0.15, -0.1) is 0 Å². The lowest BCUT2D eigenvalue weighted by molar-refractivity contribution is 0.296. The van der Waals surface area contributed by atoms with Gasteiger partial charge in [0.25, 0.3) is 0 Å². The van der Waals surface area contributed by atoms with Crippen molar-refractivity contribution in [1.29, 1.82) is 0 Å². The number of pyridine rings is 1. The van der Waals surface area contributed by atoms with E-state index in [2.05, 4.69) is 20.2 Å². The number of nitrogens with one attached hydrogen (secondary N) is 1. The summed E-state index contributed by atoms with van der Waals surface area (Å²) < 4.78 is 18.2. The maximum Gasteiger partial charge on any atom is 0.182 e. The molecule has 20 heavy (non-hydrogen) atoms. The van der Waals surface area contributed by atoms with Crippen LogP contribution in [0.4, 0.5) is 4.39 Å². The molecule has 0 saturated carbocycles. The summed E-state index contributed by atoms with van der Waals surface area (Å²) in [5, 5.41) is 6.89. The number of aromatic amines is 1. The van der Waals surface area contributed by atoms with E-state index in [4.69, 9.17) is 4.74 Å². The predicted octanol–water partition coefficient (Wildman–Crippen LogP) is 2.58. The van der Waals surface area contributed by atoms with Crippen molar-refractivity contribution in [3.05, 3.63) is 60.4 Å². The Balaban J connectivity index is 1.67. The lowest BCUT2D eigenvalue weighted by atomic mass is 10.3. The van der Waals surface area contributed by atoms with Gasteiger partial charge in [0.05, 0.1) is 0 Å². The standard InChI is InChI=1S/C14H11FN4O/c15-11-3-5-12(6-4-11)20-9-13-17-14(19-18-13)10-2-1-7-16-8-10/h1-8H,9H2,(H,17,18,19). The molecule has 0 aliphatic carbocycles. The molecule has 2 heterocycles. The number of hydrogen-bond donors (Lipinski definition) is 1. The molecule has 6 heteroatoms. The van der Waals surface area contributed by atoms with Crippen LogP contribution in [0.3, 0.4) is 0 Å². The normalized spacial score (nSPS) is 10.4. The smallest absolute Gasteiger partial charge is 0.182 e. The lowest BCUT2D eigenvalue weighted by Gasteiger charge is -2.02. The van der Waals surface area contributed by atoms with Gasteiger partial charge >= 0.3 is 0 Å². The van der Waals surface area contributed by atoms with Crippen molar-refractivity contribution < 1.29 is 9.13 Å². The average Bonchev–Trinajstić information content (AvgIpc) is 2.97. The zero-order chi connectivity index (χ0) is 13.8. The van der Waals surface area contributed by atoms with Gasteiger partial charge in [-0.3, -0.25) is 10.1 Å². The van der Waals surface area contributed by atoms with Crippen LogP contribution in [0.2, 0.25) is 0 Å².